The van der Waals surface area contributed by atoms with E-state index < -0.39 is 0 Å². The summed E-state index contributed by atoms with van der Waals surface area (Å²) in [6.45, 7) is 4.42. The predicted octanol–water partition coefficient (Wildman–Crippen LogP) is 3.01. The zero-order valence-corrected chi connectivity index (χ0v) is 18.6. The molecule has 1 aliphatic heterocycles. The highest BCUT2D eigenvalue weighted by atomic mass is 32.1. The number of hydrogen-bond donors (Lipinski definition) is 2. The van der Waals surface area contributed by atoms with Crippen molar-refractivity contribution in [1.29, 1.82) is 5.26 Å². The minimum absolute atomic E-state index is 0.251. The highest BCUT2D eigenvalue weighted by Crippen LogP contribution is 2.28. The summed E-state index contributed by atoms with van der Waals surface area (Å²) in [7, 11) is 0. The van der Waals surface area contributed by atoms with Gasteiger partial charge in [-0.25, -0.2) is 15.0 Å². The van der Waals surface area contributed by atoms with E-state index in [9.17, 15) is 4.79 Å². The number of piperidine rings is 1. The second-order valence-corrected chi connectivity index (χ2v) is 8.48. The van der Waals surface area contributed by atoms with E-state index in [1.54, 1.807) is 11.6 Å². The Kier molecular flexibility index (Phi) is 6.99. The van der Waals surface area contributed by atoms with E-state index in [1.807, 2.05) is 31.2 Å². The van der Waals surface area contributed by atoms with E-state index in [1.165, 1.54) is 11.3 Å². The molecule has 0 unspecified atom stereocenters. The molecule has 0 bridgehead atoms. The number of carbonyl (C=O) groups excluding carboxylic acids is 1. The Morgan fingerprint density at radius 2 is 2.25 bits per heavy atom. The first-order valence-corrected chi connectivity index (χ1v) is 11.3. The molecule has 9 nitrogen and oxygen atoms in total. The van der Waals surface area contributed by atoms with Crippen LogP contribution in [-0.2, 0) is 6.54 Å². The first kappa shape index (κ1) is 21.8. The van der Waals surface area contributed by atoms with Crippen LogP contribution in [0.4, 0.5) is 10.9 Å². The molecule has 3 aromatic heterocycles. The van der Waals surface area contributed by atoms with Gasteiger partial charge in [-0.1, -0.05) is 6.07 Å². The average Bonchev–Trinajstić information content (AvgIpc) is 3.27. The highest BCUT2D eigenvalue weighted by Gasteiger charge is 2.23. The molecular weight excluding hydrogens is 424 g/mol. The summed E-state index contributed by atoms with van der Waals surface area (Å²) in [6, 6.07) is 9.74. The first-order valence-electron chi connectivity index (χ1n) is 10.5. The first-order chi connectivity index (χ1) is 15.6. The maximum atomic E-state index is 12.4. The minimum Gasteiger partial charge on any atom is -0.345 e. The van der Waals surface area contributed by atoms with Gasteiger partial charge in [0.25, 0.3) is 5.91 Å². The molecule has 0 aromatic carbocycles. The topological polar surface area (TPSA) is 120 Å². The van der Waals surface area contributed by atoms with Crippen LogP contribution in [0.15, 0.2) is 35.8 Å². The van der Waals surface area contributed by atoms with Crippen molar-refractivity contribution in [2.45, 2.75) is 32.2 Å². The molecule has 4 heterocycles. The third-order valence-electron chi connectivity index (χ3n) is 5.20. The third kappa shape index (κ3) is 5.63. The van der Waals surface area contributed by atoms with E-state index in [4.69, 9.17) is 5.26 Å². The molecule has 32 heavy (non-hydrogen) atoms. The second-order valence-electron chi connectivity index (χ2n) is 7.62. The van der Waals surface area contributed by atoms with Crippen molar-refractivity contribution in [3.63, 3.8) is 0 Å². The fourth-order valence-corrected chi connectivity index (χ4v) is 4.41. The van der Waals surface area contributed by atoms with Crippen LogP contribution in [0.5, 0.6) is 0 Å². The average molecular weight is 449 g/mol. The number of pyridine rings is 1. The Morgan fingerprint density at radius 1 is 1.34 bits per heavy atom. The number of likely N-dealkylation sites (tertiary alicyclic amines) is 1. The number of amides is 1. The van der Waals surface area contributed by atoms with Crippen LogP contribution in [-0.4, -0.2) is 50.4 Å². The van der Waals surface area contributed by atoms with E-state index in [2.05, 4.69) is 41.5 Å². The van der Waals surface area contributed by atoms with Crippen molar-refractivity contribution in [2.24, 2.45) is 0 Å². The summed E-state index contributed by atoms with van der Waals surface area (Å²) in [4.78, 5) is 32.3. The molecule has 1 amide bonds. The molecular formula is C22H24N8OS. The summed E-state index contributed by atoms with van der Waals surface area (Å²) in [5.41, 5.74) is 2.10. The number of nitrogens with zero attached hydrogens (tertiary/aromatic N) is 6. The van der Waals surface area contributed by atoms with E-state index in [-0.39, 0.29) is 11.8 Å². The van der Waals surface area contributed by atoms with Gasteiger partial charge in [-0.05, 0) is 38.4 Å². The van der Waals surface area contributed by atoms with Gasteiger partial charge in [-0.15, -0.1) is 11.3 Å². The van der Waals surface area contributed by atoms with Gasteiger partial charge in [-0.2, -0.15) is 5.26 Å². The molecule has 1 saturated heterocycles. The molecule has 0 saturated carbocycles. The number of nitriles is 1. The number of thiazole rings is 1. The highest BCUT2D eigenvalue weighted by molar-refractivity contribution is 7.14. The summed E-state index contributed by atoms with van der Waals surface area (Å²) < 4.78 is 0. The Balaban J connectivity index is 1.41. The smallest absolute Gasteiger partial charge is 0.271 e. The van der Waals surface area contributed by atoms with Gasteiger partial charge < -0.3 is 10.6 Å². The number of nitrogens with one attached hydrogen (secondary N) is 2. The van der Waals surface area contributed by atoms with Gasteiger partial charge in [0.05, 0.1) is 30.5 Å². The Labute approximate surface area is 190 Å². The number of carbonyl (C=O) groups is 1. The number of aryl methyl sites for hydroxylation is 1. The molecule has 1 atom stereocenters. The summed E-state index contributed by atoms with van der Waals surface area (Å²) in [6.07, 6.45) is 3.77. The molecule has 1 fully saturated rings. The monoisotopic (exact) mass is 448 g/mol. The van der Waals surface area contributed by atoms with Crippen LogP contribution in [0.25, 0.3) is 0 Å². The number of aromatic nitrogens is 4. The van der Waals surface area contributed by atoms with Crippen molar-refractivity contribution >= 4 is 28.2 Å². The minimum atomic E-state index is -0.251. The molecule has 0 radical (unpaired) electrons. The largest absolute Gasteiger partial charge is 0.345 e. The van der Waals surface area contributed by atoms with Crippen LogP contribution in [0, 0.1) is 18.3 Å². The van der Waals surface area contributed by atoms with Gasteiger partial charge in [-0.3, -0.25) is 14.7 Å². The maximum Gasteiger partial charge on any atom is 0.271 e. The molecule has 2 N–H and O–H groups in total. The van der Waals surface area contributed by atoms with Crippen molar-refractivity contribution in [3.8, 4) is 6.07 Å². The zero-order chi connectivity index (χ0) is 22.3. The quantitative estimate of drug-likeness (QED) is 0.529. The summed E-state index contributed by atoms with van der Waals surface area (Å²) >= 11 is 1.35. The van der Waals surface area contributed by atoms with E-state index >= 15 is 0 Å². The SMILES string of the molecule is Cc1nc(Nc2nc(C(=O)NCc3ccccn3)cs2)cc([C@@H]2CCCN(CC#N)C2)n1. The molecule has 3 aromatic rings. The van der Waals surface area contributed by atoms with Gasteiger partial charge in [0.15, 0.2) is 5.13 Å². The number of hydrogen-bond acceptors (Lipinski definition) is 9. The number of anilines is 2. The van der Waals surface area contributed by atoms with Crippen molar-refractivity contribution < 1.29 is 4.79 Å². The standard InChI is InChI=1S/C22H24N8OS/c1-15-26-18(16-5-4-9-30(13-16)10-7-23)11-20(27-15)29-22-28-19(14-32-22)21(31)25-12-17-6-2-3-8-24-17/h2-3,6,8,11,14,16H,4-5,9-10,12-13H2,1H3,(H,25,31)(H,26,27,28,29)/t16-/m1/s1. The lowest BCUT2D eigenvalue weighted by molar-refractivity contribution is 0.0946. The van der Waals surface area contributed by atoms with Crippen molar-refractivity contribution in [2.75, 3.05) is 25.0 Å². The predicted molar refractivity (Wildman–Crippen MR) is 122 cm³/mol. The molecule has 10 heteroatoms. The molecule has 4 rings (SSSR count). The van der Waals surface area contributed by atoms with E-state index in [0.29, 0.717) is 35.6 Å². The fraction of sp³-hybridized carbons (Fsp3) is 0.364. The van der Waals surface area contributed by atoms with Gasteiger partial charge >= 0.3 is 0 Å². The van der Waals surface area contributed by atoms with Gasteiger partial charge in [0.1, 0.15) is 17.3 Å². The fourth-order valence-electron chi connectivity index (χ4n) is 3.71. The van der Waals surface area contributed by atoms with Gasteiger partial charge in [0.2, 0.25) is 0 Å². The molecule has 1 aliphatic rings. The molecule has 0 aliphatic carbocycles. The molecule has 164 valence electrons. The van der Waals surface area contributed by atoms with Gasteiger partial charge in [0, 0.05) is 30.1 Å². The third-order valence-corrected chi connectivity index (χ3v) is 5.96. The lowest BCUT2D eigenvalue weighted by atomic mass is 9.94. The Hall–Kier alpha value is -3.42. The lowest BCUT2D eigenvalue weighted by Gasteiger charge is -2.30. The Morgan fingerprint density at radius 3 is 3.06 bits per heavy atom. The van der Waals surface area contributed by atoms with Crippen molar-refractivity contribution in [3.05, 3.63) is 58.7 Å². The van der Waals surface area contributed by atoms with Crippen LogP contribution in [0.1, 0.15) is 46.5 Å². The van der Waals surface area contributed by atoms with Crippen LogP contribution >= 0.6 is 11.3 Å². The van der Waals surface area contributed by atoms with E-state index in [0.717, 1.165) is 37.3 Å². The number of rotatable bonds is 7. The lowest BCUT2D eigenvalue weighted by Crippen LogP contribution is -2.35. The summed E-state index contributed by atoms with van der Waals surface area (Å²) in [5.74, 6) is 1.34. The normalized spacial score (nSPS) is 16.3. The van der Waals surface area contributed by atoms with Crippen LogP contribution < -0.4 is 10.6 Å². The maximum absolute atomic E-state index is 12.4. The second kappa shape index (κ2) is 10.3. The zero-order valence-electron chi connectivity index (χ0n) is 17.8. The van der Waals surface area contributed by atoms with Crippen LogP contribution in [0.3, 0.4) is 0 Å². The van der Waals surface area contributed by atoms with Crippen LogP contribution in [0.2, 0.25) is 0 Å². The van der Waals surface area contributed by atoms with Crippen molar-refractivity contribution in [1.82, 2.24) is 30.2 Å². The molecule has 0 spiro atoms. The Bertz CT molecular complexity index is 1110. The summed E-state index contributed by atoms with van der Waals surface area (Å²) in [5, 5.41) is 17.3.